The molecule has 1 amide bonds. The molecule has 0 unspecified atom stereocenters. The molecule has 8 heteroatoms. The van der Waals surface area contributed by atoms with E-state index in [0.29, 0.717) is 22.6 Å². The van der Waals surface area contributed by atoms with Crippen molar-refractivity contribution in [3.8, 4) is 0 Å². The quantitative estimate of drug-likeness (QED) is 0.707. The summed E-state index contributed by atoms with van der Waals surface area (Å²) in [5.74, 6) is -0.310. The first kappa shape index (κ1) is 15.9. The number of aliphatic imine (C=N–C) groups is 1. The van der Waals surface area contributed by atoms with Crippen molar-refractivity contribution >= 4 is 34.0 Å². The number of nitrogens with zero attached hydrogens (tertiary/aromatic N) is 4. The van der Waals surface area contributed by atoms with Crippen LogP contribution in [0.3, 0.4) is 0 Å². The molecule has 122 valence electrons. The number of H-pyrrole nitrogens is 1. The Balaban J connectivity index is 1.95. The molecule has 3 rings (SSSR count). The average Bonchev–Trinajstić information content (AvgIpc) is 3.21. The molecule has 0 atom stereocenters. The van der Waals surface area contributed by atoms with Gasteiger partial charge in [0.2, 0.25) is 0 Å². The maximum absolute atomic E-state index is 12.5. The van der Waals surface area contributed by atoms with E-state index in [-0.39, 0.29) is 5.91 Å². The van der Waals surface area contributed by atoms with E-state index in [1.807, 2.05) is 22.2 Å². The summed E-state index contributed by atoms with van der Waals surface area (Å²) in [7, 11) is 1.70. The smallest absolute Gasteiger partial charge is 0.281 e. The second kappa shape index (κ2) is 7.05. The summed E-state index contributed by atoms with van der Waals surface area (Å²) in [4.78, 5) is 28.7. The van der Waals surface area contributed by atoms with E-state index in [1.54, 1.807) is 31.6 Å². The molecule has 0 aromatic carbocycles. The van der Waals surface area contributed by atoms with Gasteiger partial charge in [0.1, 0.15) is 5.65 Å². The van der Waals surface area contributed by atoms with Gasteiger partial charge in [-0.1, -0.05) is 0 Å². The zero-order valence-corrected chi connectivity index (χ0v) is 13.8. The Hall–Kier alpha value is -3.00. The monoisotopic (exact) mass is 340 g/mol. The zero-order valence-electron chi connectivity index (χ0n) is 13.0. The number of nitrogens with one attached hydrogen (secondary N) is 1. The van der Waals surface area contributed by atoms with Crippen LogP contribution in [0.5, 0.6) is 0 Å². The molecule has 3 heterocycles. The molecule has 0 spiro atoms. The Kier molecular flexibility index (Phi) is 4.66. The van der Waals surface area contributed by atoms with E-state index >= 15 is 0 Å². The molecule has 3 aromatic rings. The van der Waals surface area contributed by atoms with E-state index in [0.717, 1.165) is 11.1 Å². The number of thiazole rings is 1. The molecule has 3 N–H and O–H groups in total. The van der Waals surface area contributed by atoms with Crippen molar-refractivity contribution in [1.82, 2.24) is 14.5 Å². The minimum Gasteiger partial charge on any atom is -0.405 e. The number of hydrogen-bond acceptors (Lipinski definition) is 5. The number of amides is 1. The van der Waals surface area contributed by atoms with Gasteiger partial charge in [0.15, 0.2) is 4.80 Å². The highest BCUT2D eigenvalue weighted by atomic mass is 32.1. The third-order valence-corrected chi connectivity index (χ3v) is 4.24. The van der Waals surface area contributed by atoms with Crippen LogP contribution >= 0.6 is 11.3 Å². The molecular formula is C16H16N6OS. The third kappa shape index (κ3) is 3.18. The molecule has 0 radical (unpaired) electrons. The molecule has 3 aromatic heterocycles. The topological polar surface area (TPSA) is 101 Å². The van der Waals surface area contributed by atoms with Gasteiger partial charge in [-0.3, -0.25) is 9.79 Å². The van der Waals surface area contributed by atoms with Gasteiger partial charge in [-0.2, -0.15) is 4.99 Å². The van der Waals surface area contributed by atoms with Crippen molar-refractivity contribution in [2.75, 3.05) is 7.05 Å². The Morgan fingerprint density at radius 1 is 1.54 bits per heavy atom. The summed E-state index contributed by atoms with van der Waals surface area (Å²) in [5.41, 5.74) is 7.38. The number of carbonyl (C=O) groups is 1. The van der Waals surface area contributed by atoms with Crippen molar-refractivity contribution in [2.45, 2.75) is 6.54 Å². The maximum atomic E-state index is 12.5. The first-order chi connectivity index (χ1) is 11.7. The lowest BCUT2D eigenvalue weighted by Gasteiger charge is -2.02. The summed E-state index contributed by atoms with van der Waals surface area (Å²) in [5, 5.41) is 2.64. The molecule has 0 aliphatic carbocycles. The van der Waals surface area contributed by atoms with Crippen LogP contribution < -0.4 is 10.5 Å². The molecule has 0 aliphatic rings. The zero-order chi connectivity index (χ0) is 16.9. The standard InChI is InChI=1S/C16H16N6OS/c1-18-11(4-5-17)10-22-7-8-24-16(22)21-15(23)13-9-20-14-12(13)3-2-6-19-14/h2-9H,10,17H2,1H3,(H,19,20)/b5-4-,18-11?,21-16?. The fourth-order valence-corrected chi connectivity index (χ4v) is 3.00. The second-order valence-electron chi connectivity index (χ2n) is 4.91. The number of aromatic amines is 1. The van der Waals surface area contributed by atoms with Gasteiger partial charge in [0, 0.05) is 36.4 Å². The van der Waals surface area contributed by atoms with Crippen LogP contribution in [0.1, 0.15) is 10.4 Å². The van der Waals surface area contributed by atoms with Gasteiger partial charge in [-0.25, -0.2) is 4.98 Å². The molecule has 7 nitrogen and oxygen atoms in total. The lowest BCUT2D eigenvalue weighted by atomic mass is 10.2. The first-order valence-electron chi connectivity index (χ1n) is 7.22. The van der Waals surface area contributed by atoms with Gasteiger partial charge in [-0.15, -0.1) is 11.3 Å². The Morgan fingerprint density at radius 3 is 3.21 bits per heavy atom. The summed E-state index contributed by atoms with van der Waals surface area (Å²) in [6.07, 6.45) is 8.34. The maximum Gasteiger partial charge on any atom is 0.281 e. The van der Waals surface area contributed by atoms with Gasteiger partial charge in [0.05, 0.1) is 17.8 Å². The van der Waals surface area contributed by atoms with Crippen molar-refractivity contribution in [2.24, 2.45) is 15.7 Å². The van der Waals surface area contributed by atoms with Crippen molar-refractivity contribution in [3.63, 3.8) is 0 Å². The highest BCUT2D eigenvalue weighted by Crippen LogP contribution is 2.16. The van der Waals surface area contributed by atoms with E-state index in [2.05, 4.69) is 20.0 Å². The third-order valence-electron chi connectivity index (χ3n) is 3.45. The van der Waals surface area contributed by atoms with E-state index < -0.39 is 0 Å². The second-order valence-corrected chi connectivity index (χ2v) is 5.78. The summed E-state index contributed by atoms with van der Waals surface area (Å²) in [6, 6.07) is 3.64. The van der Waals surface area contributed by atoms with Gasteiger partial charge < -0.3 is 15.3 Å². The highest BCUT2D eigenvalue weighted by molar-refractivity contribution is 7.07. The normalized spacial score (nSPS) is 13.2. The number of nitrogens with two attached hydrogens (primary N) is 1. The summed E-state index contributed by atoms with van der Waals surface area (Å²) >= 11 is 1.39. The van der Waals surface area contributed by atoms with Crippen LogP contribution in [0, 0.1) is 0 Å². The molecule has 24 heavy (non-hydrogen) atoms. The van der Waals surface area contributed by atoms with E-state index in [1.165, 1.54) is 17.5 Å². The minimum atomic E-state index is -0.310. The number of fused-ring (bicyclic) bond motifs is 1. The molecule has 0 saturated carbocycles. The number of pyridine rings is 1. The van der Waals surface area contributed by atoms with Gasteiger partial charge in [0.25, 0.3) is 5.91 Å². The number of aromatic nitrogens is 3. The van der Waals surface area contributed by atoms with Gasteiger partial charge in [-0.05, 0) is 24.4 Å². The fourth-order valence-electron chi connectivity index (χ4n) is 2.27. The lowest BCUT2D eigenvalue weighted by Crippen LogP contribution is -2.20. The molecule has 0 aliphatic heterocycles. The lowest BCUT2D eigenvalue weighted by molar-refractivity contribution is 0.0999. The van der Waals surface area contributed by atoms with Crippen molar-refractivity contribution < 1.29 is 4.79 Å². The number of allylic oxidation sites excluding steroid dienone is 1. The predicted octanol–water partition coefficient (Wildman–Crippen LogP) is 1.71. The average molecular weight is 340 g/mol. The van der Waals surface area contributed by atoms with Crippen LogP contribution in [0.2, 0.25) is 0 Å². The number of carbonyl (C=O) groups excluding carboxylic acids is 1. The molecular weight excluding hydrogens is 324 g/mol. The van der Waals surface area contributed by atoms with Gasteiger partial charge >= 0.3 is 0 Å². The van der Waals surface area contributed by atoms with Crippen LogP contribution in [0.15, 0.2) is 58.4 Å². The molecule has 0 saturated heterocycles. The van der Waals surface area contributed by atoms with E-state index in [9.17, 15) is 4.79 Å². The van der Waals surface area contributed by atoms with Crippen LogP contribution in [-0.4, -0.2) is 33.2 Å². The Labute approximate surface area is 141 Å². The highest BCUT2D eigenvalue weighted by Gasteiger charge is 2.12. The summed E-state index contributed by atoms with van der Waals surface area (Å²) in [6.45, 7) is 0.495. The van der Waals surface area contributed by atoms with Crippen LogP contribution in [0.25, 0.3) is 11.0 Å². The predicted molar refractivity (Wildman–Crippen MR) is 95.0 cm³/mol. The van der Waals surface area contributed by atoms with E-state index in [4.69, 9.17) is 5.73 Å². The Bertz CT molecular complexity index is 991. The number of hydrogen-bond donors (Lipinski definition) is 2. The van der Waals surface area contributed by atoms with Crippen molar-refractivity contribution in [1.29, 1.82) is 0 Å². The SMILES string of the molecule is CN=C(/C=C\N)Cn1ccsc1=NC(=O)c1c[nH]c2ncccc12. The molecule has 0 bridgehead atoms. The molecule has 0 fully saturated rings. The fraction of sp³-hybridized carbons (Fsp3) is 0.125. The van der Waals surface area contributed by atoms with Crippen molar-refractivity contribution in [3.05, 3.63) is 58.7 Å². The summed E-state index contributed by atoms with van der Waals surface area (Å²) < 4.78 is 1.86. The first-order valence-corrected chi connectivity index (χ1v) is 8.10. The Morgan fingerprint density at radius 2 is 2.42 bits per heavy atom. The largest absolute Gasteiger partial charge is 0.405 e. The minimum absolute atomic E-state index is 0.310. The number of rotatable bonds is 4. The van der Waals surface area contributed by atoms with Crippen LogP contribution in [0.4, 0.5) is 0 Å². The van der Waals surface area contributed by atoms with Crippen LogP contribution in [-0.2, 0) is 6.54 Å².